The Balaban J connectivity index is 1.89. The summed E-state index contributed by atoms with van der Waals surface area (Å²) in [6, 6.07) is 22.8. The van der Waals surface area contributed by atoms with E-state index in [0.29, 0.717) is 5.95 Å². The summed E-state index contributed by atoms with van der Waals surface area (Å²) < 4.78 is 2.07. The zero-order valence-corrected chi connectivity index (χ0v) is 11.5. The first-order valence-corrected chi connectivity index (χ1v) is 7.00. The van der Waals surface area contributed by atoms with Gasteiger partial charge >= 0.3 is 0 Å². The van der Waals surface area contributed by atoms with Gasteiger partial charge in [0, 0.05) is 0 Å². The number of para-hydroxylation sites is 2. The quantitative estimate of drug-likeness (QED) is 0.603. The molecule has 0 spiro atoms. The molecule has 0 aliphatic rings. The molecule has 1 heterocycles. The van der Waals surface area contributed by atoms with Crippen LogP contribution in [0.15, 0.2) is 66.7 Å². The van der Waals surface area contributed by atoms with Gasteiger partial charge in [0.2, 0.25) is 5.95 Å². The highest BCUT2D eigenvalue weighted by molar-refractivity contribution is 5.86. The van der Waals surface area contributed by atoms with Crippen molar-refractivity contribution in [3.63, 3.8) is 0 Å². The molecule has 0 saturated heterocycles. The fourth-order valence-corrected chi connectivity index (χ4v) is 2.86. The molecule has 0 amide bonds. The molecule has 3 aromatic carbocycles. The van der Waals surface area contributed by atoms with Crippen molar-refractivity contribution < 1.29 is 0 Å². The van der Waals surface area contributed by atoms with Crippen LogP contribution in [0, 0.1) is 0 Å². The number of nitrogens with zero attached hydrogens (tertiary/aromatic N) is 2. The zero-order chi connectivity index (χ0) is 14.2. The van der Waals surface area contributed by atoms with E-state index in [4.69, 9.17) is 5.73 Å². The number of nitrogens with two attached hydrogens (primary N) is 1. The van der Waals surface area contributed by atoms with E-state index in [1.165, 1.54) is 16.3 Å². The minimum absolute atomic E-state index is 0.559. The van der Waals surface area contributed by atoms with E-state index >= 15 is 0 Å². The van der Waals surface area contributed by atoms with E-state index < -0.39 is 0 Å². The van der Waals surface area contributed by atoms with Crippen LogP contribution in [0.2, 0.25) is 0 Å². The summed E-state index contributed by atoms with van der Waals surface area (Å²) >= 11 is 0. The molecule has 3 heteroatoms. The monoisotopic (exact) mass is 273 g/mol. The van der Waals surface area contributed by atoms with Crippen LogP contribution in [-0.2, 0) is 6.54 Å². The van der Waals surface area contributed by atoms with Gasteiger partial charge in [-0.25, -0.2) is 4.98 Å². The number of benzene rings is 3. The second-order valence-corrected chi connectivity index (χ2v) is 5.18. The van der Waals surface area contributed by atoms with Gasteiger partial charge in [-0.3, -0.25) is 0 Å². The molecule has 21 heavy (non-hydrogen) atoms. The van der Waals surface area contributed by atoms with Crippen molar-refractivity contribution in [1.29, 1.82) is 0 Å². The standard InChI is InChI=1S/C18H15N3/c19-18-20-16-10-3-4-11-17(16)21(18)12-14-8-5-7-13-6-1-2-9-15(13)14/h1-11H,12H2,(H2,19,20). The molecular weight excluding hydrogens is 258 g/mol. The van der Waals surface area contributed by atoms with Gasteiger partial charge in [0.15, 0.2) is 0 Å². The number of hydrogen-bond acceptors (Lipinski definition) is 2. The predicted octanol–water partition coefficient (Wildman–Crippen LogP) is 3.82. The Bertz CT molecular complexity index is 932. The molecule has 0 aliphatic carbocycles. The van der Waals surface area contributed by atoms with Crippen LogP contribution in [0.25, 0.3) is 21.8 Å². The van der Waals surface area contributed by atoms with Crippen LogP contribution >= 0.6 is 0 Å². The summed E-state index contributed by atoms with van der Waals surface area (Å²) in [5.74, 6) is 0.559. The number of rotatable bonds is 2. The highest BCUT2D eigenvalue weighted by atomic mass is 15.1. The normalized spacial score (nSPS) is 11.2. The molecule has 3 nitrogen and oxygen atoms in total. The molecule has 0 aliphatic heterocycles. The maximum atomic E-state index is 6.10. The minimum atomic E-state index is 0.559. The summed E-state index contributed by atoms with van der Waals surface area (Å²) in [7, 11) is 0. The van der Waals surface area contributed by atoms with Crippen LogP contribution in [0.3, 0.4) is 0 Å². The highest BCUT2D eigenvalue weighted by Gasteiger charge is 2.09. The third kappa shape index (κ3) is 1.94. The van der Waals surface area contributed by atoms with Gasteiger partial charge in [-0.1, -0.05) is 54.6 Å². The zero-order valence-electron chi connectivity index (χ0n) is 11.5. The topological polar surface area (TPSA) is 43.8 Å². The van der Waals surface area contributed by atoms with Gasteiger partial charge in [0.1, 0.15) is 0 Å². The van der Waals surface area contributed by atoms with Gasteiger partial charge in [-0.05, 0) is 28.5 Å². The largest absolute Gasteiger partial charge is 0.369 e. The SMILES string of the molecule is Nc1nc2ccccc2n1Cc1cccc2ccccc12. The molecule has 4 rings (SSSR count). The molecule has 0 unspecified atom stereocenters. The first-order chi connectivity index (χ1) is 10.3. The second kappa shape index (κ2) is 4.63. The van der Waals surface area contributed by atoms with Crippen molar-refractivity contribution in [2.45, 2.75) is 6.54 Å². The lowest BCUT2D eigenvalue weighted by atomic mass is 10.0. The number of hydrogen-bond donors (Lipinski definition) is 1. The van der Waals surface area contributed by atoms with Crippen LogP contribution in [0.1, 0.15) is 5.56 Å². The molecule has 2 N–H and O–H groups in total. The Morgan fingerprint density at radius 2 is 1.62 bits per heavy atom. The second-order valence-electron chi connectivity index (χ2n) is 5.18. The molecular formula is C18H15N3. The number of fused-ring (bicyclic) bond motifs is 2. The molecule has 0 atom stereocenters. The molecule has 4 aromatic rings. The van der Waals surface area contributed by atoms with Crippen LogP contribution < -0.4 is 5.73 Å². The van der Waals surface area contributed by atoms with E-state index in [0.717, 1.165) is 17.6 Å². The summed E-state index contributed by atoms with van der Waals surface area (Å²) in [5.41, 5.74) is 9.36. The maximum Gasteiger partial charge on any atom is 0.201 e. The molecule has 102 valence electrons. The molecule has 0 saturated carbocycles. The number of nitrogen functional groups attached to an aromatic ring is 1. The average Bonchev–Trinajstić information content (AvgIpc) is 2.84. The Kier molecular flexibility index (Phi) is 2.64. The van der Waals surface area contributed by atoms with E-state index in [1.54, 1.807) is 0 Å². The summed E-state index contributed by atoms with van der Waals surface area (Å²) in [5, 5.41) is 2.51. The third-order valence-electron chi connectivity index (χ3n) is 3.89. The number of imidazole rings is 1. The minimum Gasteiger partial charge on any atom is -0.369 e. The predicted molar refractivity (Wildman–Crippen MR) is 87.2 cm³/mol. The Morgan fingerprint density at radius 3 is 2.57 bits per heavy atom. The fraction of sp³-hybridized carbons (Fsp3) is 0.0556. The Labute approximate surface area is 122 Å². The van der Waals surface area contributed by atoms with Gasteiger partial charge in [-0.2, -0.15) is 0 Å². The first-order valence-electron chi connectivity index (χ1n) is 7.00. The van der Waals surface area contributed by atoms with Crippen molar-refractivity contribution >= 4 is 27.8 Å². The van der Waals surface area contributed by atoms with Crippen molar-refractivity contribution in [3.05, 3.63) is 72.3 Å². The van der Waals surface area contributed by atoms with Gasteiger partial charge < -0.3 is 10.3 Å². The van der Waals surface area contributed by atoms with Crippen LogP contribution in [0.5, 0.6) is 0 Å². The number of anilines is 1. The first kappa shape index (κ1) is 12.0. The summed E-state index contributed by atoms with van der Waals surface area (Å²) in [6.45, 7) is 0.730. The Hall–Kier alpha value is -2.81. The average molecular weight is 273 g/mol. The van der Waals surface area contributed by atoms with Gasteiger partial charge in [0.25, 0.3) is 0 Å². The van der Waals surface area contributed by atoms with Crippen molar-refractivity contribution in [2.24, 2.45) is 0 Å². The maximum absolute atomic E-state index is 6.10. The summed E-state index contributed by atoms with van der Waals surface area (Å²) in [6.07, 6.45) is 0. The smallest absolute Gasteiger partial charge is 0.201 e. The molecule has 1 aromatic heterocycles. The van der Waals surface area contributed by atoms with Crippen LogP contribution in [0.4, 0.5) is 5.95 Å². The van der Waals surface area contributed by atoms with Crippen LogP contribution in [-0.4, -0.2) is 9.55 Å². The molecule has 0 bridgehead atoms. The van der Waals surface area contributed by atoms with E-state index in [-0.39, 0.29) is 0 Å². The molecule has 0 fully saturated rings. The van der Waals surface area contributed by atoms with Crippen molar-refractivity contribution in [1.82, 2.24) is 9.55 Å². The number of aromatic nitrogens is 2. The van der Waals surface area contributed by atoms with E-state index in [9.17, 15) is 0 Å². The lowest BCUT2D eigenvalue weighted by molar-refractivity contribution is 0.844. The third-order valence-corrected chi connectivity index (χ3v) is 3.89. The van der Waals surface area contributed by atoms with E-state index in [2.05, 4.69) is 58.1 Å². The van der Waals surface area contributed by atoms with Gasteiger partial charge in [-0.15, -0.1) is 0 Å². The van der Waals surface area contributed by atoms with Gasteiger partial charge in [0.05, 0.1) is 17.6 Å². The van der Waals surface area contributed by atoms with E-state index in [1.807, 2.05) is 18.2 Å². The summed E-state index contributed by atoms with van der Waals surface area (Å²) in [4.78, 5) is 4.43. The fourth-order valence-electron chi connectivity index (χ4n) is 2.86. The Morgan fingerprint density at radius 1 is 0.857 bits per heavy atom. The molecule has 0 radical (unpaired) electrons. The highest BCUT2D eigenvalue weighted by Crippen LogP contribution is 2.23. The lowest BCUT2D eigenvalue weighted by Gasteiger charge is -2.09. The van der Waals surface area contributed by atoms with Crippen molar-refractivity contribution in [2.75, 3.05) is 5.73 Å². The lowest BCUT2D eigenvalue weighted by Crippen LogP contribution is -2.04. The van der Waals surface area contributed by atoms with Crippen molar-refractivity contribution in [3.8, 4) is 0 Å².